The fourth-order valence-electron chi connectivity index (χ4n) is 2.57. The number of allylic oxidation sites excluding steroid dienone is 2. The zero-order chi connectivity index (χ0) is 10.4. The molecule has 3 heteroatoms. The fourth-order valence-corrected chi connectivity index (χ4v) is 2.57. The van der Waals surface area contributed by atoms with E-state index in [-0.39, 0.29) is 5.91 Å². The first-order chi connectivity index (χ1) is 7.27. The van der Waals surface area contributed by atoms with E-state index in [0.717, 1.165) is 29.8 Å². The van der Waals surface area contributed by atoms with E-state index in [4.69, 9.17) is 0 Å². The molecular weight excluding hydrogens is 188 g/mol. The summed E-state index contributed by atoms with van der Waals surface area (Å²) in [7, 11) is 0. The lowest BCUT2D eigenvalue weighted by Gasteiger charge is -2.22. The third kappa shape index (κ3) is 1.16. The first kappa shape index (κ1) is 8.77. The van der Waals surface area contributed by atoms with Gasteiger partial charge >= 0.3 is 0 Å². The lowest BCUT2D eigenvalue weighted by atomic mass is 9.87. The maximum Gasteiger partial charge on any atom is 0.253 e. The number of hydrogen-bond donors (Lipinski definition) is 2. The van der Waals surface area contributed by atoms with E-state index in [1.807, 2.05) is 0 Å². The van der Waals surface area contributed by atoms with Crippen molar-refractivity contribution in [1.29, 1.82) is 0 Å². The minimum atomic E-state index is 0.0833. The third-order valence-corrected chi connectivity index (χ3v) is 3.36. The molecule has 2 heterocycles. The van der Waals surface area contributed by atoms with Gasteiger partial charge in [0.15, 0.2) is 0 Å². The van der Waals surface area contributed by atoms with Crippen LogP contribution in [-0.4, -0.2) is 18.5 Å². The van der Waals surface area contributed by atoms with E-state index in [0.29, 0.717) is 12.0 Å². The van der Waals surface area contributed by atoms with Crippen LogP contribution in [-0.2, 0) is 4.79 Å². The van der Waals surface area contributed by atoms with E-state index in [1.165, 1.54) is 0 Å². The summed E-state index contributed by atoms with van der Waals surface area (Å²) >= 11 is 0. The van der Waals surface area contributed by atoms with Crippen molar-refractivity contribution in [3.8, 4) is 0 Å². The molecule has 0 saturated carbocycles. The average molecular weight is 202 g/mol. The van der Waals surface area contributed by atoms with Crippen LogP contribution in [0.25, 0.3) is 0 Å². The van der Waals surface area contributed by atoms with E-state index < -0.39 is 0 Å². The largest absolute Gasteiger partial charge is 0.380 e. The summed E-state index contributed by atoms with van der Waals surface area (Å²) in [5, 5.41) is 6.37. The van der Waals surface area contributed by atoms with Crippen molar-refractivity contribution in [1.82, 2.24) is 10.6 Å². The van der Waals surface area contributed by atoms with Gasteiger partial charge in [-0.25, -0.2) is 0 Å². The molecule has 1 aliphatic carbocycles. The number of amides is 1. The van der Waals surface area contributed by atoms with Crippen molar-refractivity contribution in [2.45, 2.75) is 19.4 Å². The molecule has 0 saturated heterocycles. The van der Waals surface area contributed by atoms with E-state index in [2.05, 4.69) is 35.8 Å². The molecule has 78 valence electrons. The Morgan fingerprint density at radius 3 is 3.20 bits per heavy atom. The second kappa shape index (κ2) is 2.99. The molecule has 3 aliphatic rings. The molecule has 2 N–H and O–H groups in total. The van der Waals surface area contributed by atoms with Crippen LogP contribution in [0.3, 0.4) is 0 Å². The smallest absolute Gasteiger partial charge is 0.253 e. The first-order valence-corrected chi connectivity index (χ1v) is 5.44. The Bertz CT molecular complexity index is 417. The normalized spacial score (nSPS) is 32.9. The maximum absolute atomic E-state index is 11.8. The topological polar surface area (TPSA) is 41.1 Å². The maximum atomic E-state index is 11.8. The molecular formula is C12H14N2O. The Balaban J connectivity index is 2.06. The van der Waals surface area contributed by atoms with Crippen LogP contribution in [0, 0.1) is 5.92 Å². The summed E-state index contributed by atoms with van der Waals surface area (Å²) in [5.74, 6) is 0.545. The van der Waals surface area contributed by atoms with Gasteiger partial charge in [0.05, 0.1) is 11.6 Å². The predicted molar refractivity (Wildman–Crippen MR) is 58.0 cm³/mol. The van der Waals surface area contributed by atoms with Crippen molar-refractivity contribution in [3.05, 3.63) is 35.1 Å². The lowest BCUT2D eigenvalue weighted by molar-refractivity contribution is -0.117. The molecule has 2 atom stereocenters. The second-order valence-corrected chi connectivity index (χ2v) is 4.35. The molecule has 0 fully saturated rings. The highest BCUT2D eigenvalue weighted by Crippen LogP contribution is 2.34. The Morgan fingerprint density at radius 1 is 1.47 bits per heavy atom. The van der Waals surface area contributed by atoms with Crippen molar-refractivity contribution in [2.75, 3.05) is 6.54 Å². The number of nitrogens with one attached hydrogen (secondary N) is 2. The highest BCUT2D eigenvalue weighted by Gasteiger charge is 2.37. The molecule has 15 heavy (non-hydrogen) atoms. The summed E-state index contributed by atoms with van der Waals surface area (Å²) in [5.41, 5.74) is 3.19. The van der Waals surface area contributed by atoms with Crippen LogP contribution < -0.4 is 10.6 Å². The van der Waals surface area contributed by atoms with Crippen LogP contribution in [0.1, 0.15) is 13.3 Å². The highest BCUT2D eigenvalue weighted by molar-refractivity contribution is 6.00. The van der Waals surface area contributed by atoms with E-state index in [1.54, 1.807) is 0 Å². The van der Waals surface area contributed by atoms with Gasteiger partial charge < -0.3 is 10.6 Å². The Kier molecular flexibility index (Phi) is 1.75. The molecule has 0 aromatic rings. The molecule has 0 bridgehead atoms. The van der Waals surface area contributed by atoms with Crippen LogP contribution in [0.5, 0.6) is 0 Å². The Hall–Kier alpha value is -1.51. The summed E-state index contributed by atoms with van der Waals surface area (Å²) in [6, 6.07) is 0.309. The quantitative estimate of drug-likeness (QED) is 0.612. The number of carbonyl (C=O) groups is 1. The van der Waals surface area contributed by atoms with Gasteiger partial charge in [-0.1, -0.05) is 25.2 Å². The molecule has 3 nitrogen and oxygen atoms in total. The van der Waals surface area contributed by atoms with Crippen LogP contribution >= 0.6 is 0 Å². The van der Waals surface area contributed by atoms with E-state index in [9.17, 15) is 4.79 Å². The third-order valence-electron chi connectivity index (χ3n) is 3.36. The van der Waals surface area contributed by atoms with Gasteiger partial charge in [-0.05, 0) is 11.5 Å². The SMILES string of the molecule is CC1C=CC=C2C3=C(CCNC3=O)NC21. The molecule has 2 unspecified atom stereocenters. The van der Waals surface area contributed by atoms with Crippen molar-refractivity contribution < 1.29 is 4.79 Å². The number of rotatable bonds is 0. The fraction of sp³-hybridized carbons (Fsp3) is 0.417. The van der Waals surface area contributed by atoms with Crippen molar-refractivity contribution >= 4 is 5.91 Å². The Morgan fingerprint density at radius 2 is 2.33 bits per heavy atom. The highest BCUT2D eigenvalue weighted by atomic mass is 16.1. The summed E-state index contributed by atoms with van der Waals surface area (Å²) in [6.45, 7) is 2.93. The van der Waals surface area contributed by atoms with Gasteiger partial charge in [-0.2, -0.15) is 0 Å². The Labute approximate surface area is 88.9 Å². The van der Waals surface area contributed by atoms with Crippen LogP contribution in [0.4, 0.5) is 0 Å². The molecule has 0 radical (unpaired) electrons. The molecule has 1 amide bonds. The van der Waals surface area contributed by atoms with E-state index >= 15 is 0 Å². The van der Waals surface area contributed by atoms with Crippen LogP contribution in [0.2, 0.25) is 0 Å². The zero-order valence-corrected chi connectivity index (χ0v) is 8.71. The summed E-state index contributed by atoms with van der Waals surface area (Å²) in [4.78, 5) is 11.8. The predicted octanol–water partition coefficient (Wildman–Crippen LogP) is 0.864. The molecule has 0 aromatic carbocycles. The molecule has 3 rings (SSSR count). The average Bonchev–Trinajstić information content (AvgIpc) is 2.59. The van der Waals surface area contributed by atoms with Gasteiger partial charge in [-0.3, -0.25) is 4.79 Å². The van der Waals surface area contributed by atoms with Crippen molar-refractivity contribution in [3.63, 3.8) is 0 Å². The minimum absolute atomic E-state index is 0.0833. The van der Waals surface area contributed by atoms with Crippen molar-refractivity contribution in [2.24, 2.45) is 5.92 Å². The van der Waals surface area contributed by atoms with Gasteiger partial charge in [0.25, 0.3) is 5.91 Å². The zero-order valence-electron chi connectivity index (χ0n) is 8.71. The molecule has 0 aromatic heterocycles. The summed E-state index contributed by atoms with van der Waals surface area (Å²) < 4.78 is 0. The lowest BCUT2D eigenvalue weighted by Crippen LogP contribution is -2.32. The van der Waals surface area contributed by atoms with Gasteiger partial charge in [0, 0.05) is 18.7 Å². The van der Waals surface area contributed by atoms with Gasteiger partial charge in [-0.15, -0.1) is 0 Å². The van der Waals surface area contributed by atoms with Crippen LogP contribution in [0.15, 0.2) is 35.1 Å². The number of fused-ring (bicyclic) bond motifs is 2. The first-order valence-electron chi connectivity index (χ1n) is 5.44. The molecule has 2 aliphatic heterocycles. The standard InChI is InChI=1S/C12H14N2O/c1-7-3-2-4-8-10-9(14-11(7)8)5-6-13-12(10)15/h2-4,7,11,14H,5-6H2,1H3,(H,13,15). The molecule has 0 spiro atoms. The minimum Gasteiger partial charge on any atom is -0.380 e. The summed E-state index contributed by atoms with van der Waals surface area (Å²) in [6.07, 6.45) is 7.22. The monoisotopic (exact) mass is 202 g/mol. The van der Waals surface area contributed by atoms with Gasteiger partial charge in [0.2, 0.25) is 0 Å². The van der Waals surface area contributed by atoms with Gasteiger partial charge in [0.1, 0.15) is 0 Å². The second-order valence-electron chi connectivity index (χ2n) is 4.35. The number of hydrogen-bond acceptors (Lipinski definition) is 2. The number of carbonyl (C=O) groups excluding carboxylic acids is 1.